The van der Waals surface area contributed by atoms with Crippen molar-refractivity contribution in [1.82, 2.24) is 0 Å². The molecule has 21 heavy (non-hydrogen) atoms. The van der Waals surface area contributed by atoms with E-state index in [0.717, 1.165) is 22.1 Å². The number of aryl methyl sites for hydroxylation is 1. The summed E-state index contributed by atoms with van der Waals surface area (Å²) >= 11 is 9.50. The molecule has 0 unspecified atom stereocenters. The molecule has 0 aliphatic heterocycles. The van der Waals surface area contributed by atoms with Gasteiger partial charge in [0.15, 0.2) is 0 Å². The highest BCUT2D eigenvalue weighted by Gasteiger charge is 2.04. The molecule has 0 saturated carbocycles. The maximum atomic E-state index is 11.9. The molecular formula is C17H15BrClNO. The monoisotopic (exact) mass is 363 g/mol. The molecule has 0 aliphatic carbocycles. The maximum absolute atomic E-state index is 11.9. The Bertz CT molecular complexity index is 682. The molecule has 2 aromatic carbocycles. The van der Waals surface area contributed by atoms with Crippen LogP contribution in [-0.2, 0) is 11.2 Å². The first-order chi connectivity index (χ1) is 10.1. The Morgan fingerprint density at radius 3 is 2.71 bits per heavy atom. The van der Waals surface area contributed by atoms with Crippen molar-refractivity contribution < 1.29 is 4.79 Å². The molecule has 0 aliphatic rings. The number of rotatable bonds is 4. The number of hydrogen-bond acceptors (Lipinski definition) is 1. The fraction of sp³-hybridized carbons (Fsp3) is 0.118. The van der Waals surface area contributed by atoms with Gasteiger partial charge in [-0.25, -0.2) is 0 Å². The van der Waals surface area contributed by atoms with E-state index < -0.39 is 0 Å². The smallest absolute Gasteiger partial charge is 0.248 e. The second-order valence-electron chi connectivity index (χ2n) is 4.51. The highest BCUT2D eigenvalue weighted by Crippen LogP contribution is 2.24. The van der Waals surface area contributed by atoms with Gasteiger partial charge in [0.25, 0.3) is 0 Å². The van der Waals surface area contributed by atoms with Crippen LogP contribution in [0.1, 0.15) is 18.1 Å². The zero-order chi connectivity index (χ0) is 15.2. The maximum Gasteiger partial charge on any atom is 0.248 e. The first kappa shape index (κ1) is 15.8. The van der Waals surface area contributed by atoms with E-state index >= 15 is 0 Å². The number of hydrogen-bond donors (Lipinski definition) is 1. The molecular weight excluding hydrogens is 350 g/mol. The van der Waals surface area contributed by atoms with Gasteiger partial charge in [0.05, 0.1) is 5.69 Å². The number of amides is 1. The number of anilines is 1. The van der Waals surface area contributed by atoms with E-state index in [2.05, 4.69) is 28.2 Å². The molecule has 2 nitrogen and oxygen atoms in total. The third-order valence-electron chi connectivity index (χ3n) is 3.02. The lowest BCUT2D eigenvalue weighted by Gasteiger charge is -2.07. The van der Waals surface area contributed by atoms with Gasteiger partial charge in [-0.2, -0.15) is 0 Å². The molecule has 1 N–H and O–H groups in total. The summed E-state index contributed by atoms with van der Waals surface area (Å²) in [5.41, 5.74) is 2.78. The van der Waals surface area contributed by atoms with E-state index in [-0.39, 0.29) is 5.91 Å². The normalized spacial score (nSPS) is 10.8. The van der Waals surface area contributed by atoms with Crippen molar-refractivity contribution in [3.05, 3.63) is 69.2 Å². The molecule has 1 amide bonds. The average Bonchev–Trinajstić information content (AvgIpc) is 2.48. The van der Waals surface area contributed by atoms with Gasteiger partial charge in [-0.1, -0.05) is 42.8 Å². The molecule has 108 valence electrons. The van der Waals surface area contributed by atoms with Crippen molar-refractivity contribution in [2.24, 2.45) is 0 Å². The molecule has 2 rings (SSSR count). The quantitative estimate of drug-likeness (QED) is 0.731. The van der Waals surface area contributed by atoms with Gasteiger partial charge in [-0.05, 0) is 57.8 Å². The Kier molecular flexibility index (Phi) is 5.59. The van der Waals surface area contributed by atoms with E-state index in [1.807, 2.05) is 36.4 Å². The summed E-state index contributed by atoms with van der Waals surface area (Å²) in [5, 5.41) is 3.46. The lowest BCUT2D eigenvalue weighted by Crippen LogP contribution is -2.08. The summed E-state index contributed by atoms with van der Waals surface area (Å²) in [6.45, 7) is 2.09. The highest BCUT2D eigenvalue weighted by atomic mass is 79.9. The Morgan fingerprint density at radius 1 is 1.29 bits per heavy atom. The number of carbonyl (C=O) groups is 1. The minimum absolute atomic E-state index is 0.195. The van der Waals surface area contributed by atoms with Gasteiger partial charge < -0.3 is 5.32 Å². The minimum atomic E-state index is -0.195. The van der Waals surface area contributed by atoms with Crippen molar-refractivity contribution in [3.63, 3.8) is 0 Å². The Labute approximate surface area is 138 Å². The summed E-state index contributed by atoms with van der Waals surface area (Å²) in [7, 11) is 0. The third-order valence-corrected chi connectivity index (χ3v) is 4.02. The van der Waals surface area contributed by atoms with Crippen molar-refractivity contribution in [2.45, 2.75) is 13.3 Å². The molecule has 0 aromatic heterocycles. The van der Waals surface area contributed by atoms with Crippen LogP contribution in [0, 0.1) is 0 Å². The second kappa shape index (κ2) is 7.43. The Hall–Kier alpha value is -1.58. The fourth-order valence-corrected chi connectivity index (χ4v) is 2.55. The summed E-state index contributed by atoms with van der Waals surface area (Å²) in [4.78, 5) is 11.9. The summed E-state index contributed by atoms with van der Waals surface area (Å²) in [6, 6.07) is 13.3. The third kappa shape index (κ3) is 4.45. The van der Waals surface area contributed by atoms with E-state index in [9.17, 15) is 4.79 Å². The van der Waals surface area contributed by atoms with Crippen LogP contribution >= 0.6 is 27.5 Å². The van der Waals surface area contributed by atoms with Crippen LogP contribution in [0.25, 0.3) is 6.08 Å². The number of benzene rings is 2. The van der Waals surface area contributed by atoms with Crippen LogP contribution in [0.5, 0.6) is 0 Å². The van der Waals surface area contributed by atoms with Crippen LogP contribution in [0.4, 0.5) is 5.69 Å². The largest absolute Gasteiger partial charge is 0.321 e. The van der Waals surface area contributed by atoms with E-state index in [1.165, 1.54) is 11.6 Å². The Balaban J connectivity index is 2.07. The molecule has 0 bridgehead atoms. The zero-order valence-corrected chi connectivity index (χ0v) is 13.9. The van der Waals surface area contributed by atoms with Gasteiger partial charge in [0.1, 0.15) is 0 Å². The SMILES string of the molecule is CCc1ccc(NC(=O)/C=C/c2ccccc2Cl)c(Br)c1. The topological polar surface area (TPSA) is 29.1 Å². The van der Waals surface area contributed by atoms with Gasteiger partial charge in [0, 0.05) is 15.6 Å². The van der Waals surface area contributed by atoms with Gasteiger partial charge in [0.2, 0.25) is 5.91 Å². The van der Waals surface area contributed by atoms with E-state index in [1.54, 1.807) is 12.1 Å². The zero-order valence-electron chi connectivity index (χ0n) is 11.6. The standard InChI is InChI=1S/C17H15BrClNO/c1-2-12-7-9-16(14(18)11-12)20-17(21)10-8-13-5-3-4-6-15(13)19/h3-11H,2H2,1H3,(H,20,21)/b10-8+. The lowest BCUT2D eigenvalue weighted by molar-refractivity contribution is -0.111. The summed E-state index contributed by atoms with van der Waals surface area (Å²) < 4.78 is 0.876. The van der Waals surface area contributed by atoms with Crippen molar-refractivity contribution in [2.75, 3.05) is 5.32 Å². The molecule has 2 aromatic rings. The van der Waals surface area contributed by atoms with Crippen LogP contribution < -0.4 is 5.32 Å². The van der Waals surface area contributed by atoms with Crippen molar-refractivity contribution >= 4 is 45.2 Å². The molecule has 0 fully saturated rings. The summed E-state index contributed by atoms with van der Waals surface area (Å²) in [6.07, 6.45) is 4.13. The minimum Gasteiger partial charge on any atom is -0.321 e. The highest BCUT2D eigenvalue weighted by molar-refractivity contribution is 9.10. The van der Waals surface area contributed by atoms with Crippen molar-refractivity contribution in [1.29, 1.82) is 0 Å². The Morgan fingerprint density at radius 2 is 2.05 bits per heavy atom. The molecule has 0 heterocycles. The van der Waals surface area contributed by atoms with Crippen molar-refractivity contribution in [3.8, 4) is 0 Å². The van der Waals surface area contributed by atoms with Gasteiger partial charge in [-0.3, -0.25) is 4.79 Å². The second-order valence-corrected chi connectivity index (χ2v) is 5.77. The molecule has 0 atom stereocenters. The van der Waals surface area contributed by atoms with Crippen LogP contribution in [-0.4, -0.2) is 5.91 Å². The average molecular weight is 365 g/mol. The van der Waals surface area contributed by atoms with E-state index in [4.69, 9.17) is 11.6 Å². The summed E-state index contributed by atoms with van der Waals surface area (Å²) in [5.74, 6) is -0.195. The number of carbonyl (C=O) groups excluding carboxylic acids is 1. The lowest BCUT2D eigenvalue weighted by atomic mass is 10.1. The number of nitrogens with one attached hydrogen (secondary N) is 1. The molecule has 4 heteroatoms. The fourth-order valence-electron chi connectivity index (χ4n) is 1.83. The van der Waals surface area contributed by atoms with Crippen LogP contribution in [0.2, 0.25) is 5.02 Å². The predicted octanol–water partition coefficient (Wildman–Crippen LogP) is 5.32. The van der Waals surface area contributed by atoms with Gasteiger partial charge in [-0.15, -0.1) is 0 Å². The van der Waals surface area contributed by atoms with Gasteiger partial charge >= 0.3 is 0 Å². The van der Waals surface area contributed by atoms with Crippen LogP contribution in [0.3, 0.4) is 0 Å². The molecule has 0 saturated heterocycles. The van der Waals surface area contributed by atoms with Crippen LogP contribution in [0.15, 0.2) is 53.0 Å². The number of halogens is 2. The molecule has 0 radical (unpaired) electrons. The molecule has 0 spiro atoms. The van der Waals surface area contributed by atoms with E-state index in [0.29, 0.717) is 5.02 Å². The predicted molar refractivity (Wildman–Crippen MR) is 92.6 cm³/mol. The first-order valence-corrected chi connectivity index (χ1v) is 7.79. The first-order valence-electron chi connectivity index (χ1n) is 6.62.